The molecule has 0 atom stereocenters. The van der Waals surface area contributed by atoms with E-state index in [-0.39, 0.29) is 30.5 Å². The van der Waals surface area contributed by atoms with Gasteiger partial charge in [0.25, 0.3) is 5.91 Å². The fourth-order valence-corrected chi connectivity index (χ4v) is 2.87. The lowest BCUT2D eigenvalue weighted by atomic mass is 10.1. The summed E-state index contributed by atoms with van der Waals surface area (Å²) in [6.45, 7) is 7.19. The number of carbonyl (C=O) groups is 1. The SMILES string of the molecule is COc1ccc(CCNCc2cc(Cl)ccc2OCC(=O)NC(C)(C)C)cc1.Cl. The smallest absolute Gasteiger partial charge is 0.258 e. The highest BCUT2D eigenvalue weighted by Gasteiger charge is 2.14. The predicted octanol–water partition coefficient (Wildman–Crippen LogP) is 4.40. The van der Waals surface area contributed by atoms with Crippen LogP contribution in [0.1, 0.15) is 31.9 Å². The van der Waals surface area contributed by atoms with E-state index in [2.05, 4.69) is 22.8 Å². The fourth-order valence-electron chi connectivity index (χ4n) is 2.67. The second kappa shape index (κ2) is 11.9. The van der Waals surface area contributed by atoms with Crippen molar-refractivity contribution in [3.05, 3.63) is 58.6 Å². The van der Waals surface area contributed by atoms with E-state index >= 15 is 0 Å². The summed E-state index contributed by atoms with van der Waals surface area (Å²) in [5.74, 6) is 1.36. The number of amides is 1. The number of hydrogen-bond donors (Lipinski definition) is 2. The molecule has 0 fully saturated rings. The summed E-state index contributed by atoms with van der Waals surface area (Å²) in [7, 11) is 1.66. The molecule has 0 aliphatic carbocycles. The van der Waals surface area contributed by atoms with Crippen molar-refractivity contribution in [2.24, 2.45) is 0 Å². The molecular weight excluding hydrogens is 411 g/mol. The van der Waals surface area contributed by atoms with Gasteiger partial charge in [0.2, 0.25) is 0 Å². The minimum absolute atomic E-state index is 0. The number of halogens is 2. The zero-order valence-corrected chi connectivity index (χ0v) is 19.0. The van der Waals surface area contributed by atoms with E-state index in [0.29, 0.717) is 17.3 Å². The maximum absolute atomic E-state index is 12.0. The number of rotatable bonds is 9. The highest BCUT2D eigenvalue weighted by molar-refractivity contribution is 6.30. The summed E-state index contributed by atoms with van der Waals surface area (Å²) >= 11 is 6.13. The Labute approximate surface area is 184 Å². The summed E-state index contributed by atoms with van der Waals surface area (Å²) in [6, 6.07) is 13.5. The molecule has 0 radical (unpaired) electrons. The largest absolute Gasteiger partial charge is 0.497 e. The minimum Gasteiger partial charge on any atom is -0.497 e. The van der Waals surface area contributed by atoms with Gasteiger partial charge in [0.15, 0.2) is 6.61 Å². The molecule has 2 aromatic carbocycles. The molecule has 0 saturated heterocycles. The maximum Gasteiger partial charge on any atom is 0.258 e. The lowest BCUT2D eigenvalue weighted by Gasteiger charge is -2.21. The molecule has 2 aromatic rings. The van der Waals surface area contributed by atoms with E-state index in [0.717, 1.165) is 24.3 Å². The van der Waals surface area contributed by atoms with E-state index in [9.17, 15) is 4.79 Å². The molecule has 2 rings (SSSR count). The first kappa shape index (κ1) is 25.1. The van der Waals surface area contributed by atoms with Crippen LogP contribution in [-0.4, -0.2) is 31.7 Å². The third-order valence-electron chi connectivity index (χ3n) is 3.96. The van der Waals surface area contributed by atoms with Crippen molar-refractivity contribution in [1.29, 1.82) is 0 Å². The summed E-state index contributed by atoms with van der Waals surface area (Å²) in [5, 5.41) is 6.92. The molecule has 0 saturated carbocycles. The normalized spacial score (nSPS) is 10.8. The number of carbonyl (C=O) groups excluding carboxylic acids is 1. The third kappa shape index (κ3) is 9.39. The van der Waals surface area contributed by atoms with Gasteiger partial charge in [-0.1, -0.05) is 23.7 Å². The molecule has 0 heterocycles. The standard InChI is InChI=1S/C22H29ClN2O3.ClH/c1-22(2,3)25-21(26)15-28-20-10-7-18(23)13-17(20)14-24-12-11-16-5-8-19(27-4)9-6-16;/h5-10,13,24H,11-12,14-15H2,1-4H3,(H,25,26);1H. The van der Waals surface area contributed by atoms with Gasteiger partial charge in [-0.25, -0.2) is 0 Å². The summed E-state index contributed by atoms with van der Waals surface area (Å²) in [6.07, 6.45) is 0.898. The van der Waals surface area contributed by atoms with Gasteiger partial charge in [-0.3, -0.25) is 4.79 Å². The van der Waals surface area contributed by atoms with Crippen LogP contribution in [0.5, 0.6) is 11.5 Å². The van der Waals surface area contributed by atoms with Crippen LogP contribution in [0.25, 0.3) is 0 Å². The number of methoxy groups -OCH3 is 1. The van der Waals surface area contributed by atoms with Crippen LogP contribution in [0.15, 0.2) is 42.5 Å². The van der Waals surface area contributed by atoms with Crippen molar-refractivity contribution >= 4 is 29.9 Å². The van der Waals surface area contributed by atoms with Crippen molar-refractivity contribution in [3.8, 4) is 11.5 Å². The molecule has 160 valence electrons. The molecule has 0 spiro atoms. The van der Waals surface area contributed by atoms with Crippen molar-refractivity contribution in [3.63, 3.8) is 0 Å². The summed E-state index contributed by atoms with van der Waals surface area (Å²) in [5.41, 5.74) is 1.87. The zero-order valence-electron chi connectivity index (χ0n) is 17.4. The van der Waals surface area contributed by atoms with Gasteiger partial charge in [0, 0.05) is 22.7 Å². The van der Waals surface area contributed by atoms with Gasteiger partial charge < -0.3 is 20.1 Å². The maximum atomic E-state index is 12.0. The third-order valence-corrected chi connectivity index (χ3v) is 4.20. The van der Waals surface area contributed by atoms with Crippen molar-refractivity contribution in [2.75, 3.05) is 20.3 Å². The quantitative estimate of drug-likeness (QED) is 0.567. The van der Waals surface area contributed by atoms with Crippen LogP contribution in [-0.2, 0) is 17.8 Å². The Kier molecular flexibility index (Phi) is 10.3. The van der Waals surface area contributed by atoms with Crippen LogP contribution < -0.4 is 20.1 Å². The van der Waals surface area contributed by atoms with Gasteiger partial charge >= 0.3 is 0 Å². The average Bonchev–Trinajstić information content (AvgIpc) is 2.63. The molecule has 5 nitrogen and oxygen atoms in total. The second-order valence-electron chi connectivity index (χ2n) is 7.61. The van der Waals surface area contributed by atoms with Gasteiger partial charge in [0.05, 0.1) is 7.11 Å². The predicted molar refractivity (Wildman–Crippen MR) is 120 cm³/mol. The van der Waals surface area contributed by atoms with Crippen LogP contribution >= 0.6 is 24.0 Å². The molecule has 0 aromatic heterocycles. The topological polar surface area (TPSA) is 59.6 Å². The minimum atomic E-state index is -0.285. The van der Waals surface area contributed by atoms with Gasteiger partial charge in [-0.2, -0.15) is 0 Å². The first-order valence-corrected chi connectivity index (χ1v) is 9.70. The van der Waals surface area contributed by atoms with Gasteiger partial charge in [-0.15, -0.1) is 12.4 Å². The van der Waals surface area contributed by atoms with E-state index in [1.807, 2.05) is 39.0 Å². The molecular formula is C22H30Cl2N2O3. The van der Waals surface area contributed by atoms with Crippen molar-refractivity contribution in [2.45, 2.75) is 39.3 Å². The first-order chi connectivity index (χ1) is 13.3. The van der Waals surface area contributed by atoms with Crippen LogP contribution in [0.2, 0.25) is 5.02 Å². The Bertz CT molecular complexity index is 775. The average molecular weight is 441 g/mol. The molecule has 7 heteroatoms. The monoisotopic (exact) mass is 440 g/mol. The molecule has 29 heavy (non-hydrogen) atoms. The molecule has 2 N–H and O–H groups in total. The number of hydrogen-bond acceptors (Lipinski definition) is 4. The van der Waals surface area contributed by atoms with Crippen molar-refractivity contribution in [1.82, 2.24) is 10.6 Å². The van der Waals surface area contributed by atoms with Gasteiger partial charge in [0.1, 0.15) is 11.5 Å². The summed E-state index contributed by atoms with van der Waals surface area (Å²) in [4.78, 5) is 12.0. The molecule has 0 bridgehead atoms. The Balaban J connectivity index is 0.00000420. The molecule has 0 unspecified atom stereocenters. The van der Waals surface area contributed by atoms with Crippen LogP contribution in [0, 0.1) is 0 Å². The molecule has 0 aliphatic heterocycles. The number of benzene rings is 2. The van der Waals surface area contributed by atoms with Crippen LogP contribution in [0.3, 0.4) is 0 Å². The van der Waals surface area contributed by atoms with E-state index < -0.39 is 0 Å². The Hall–Kier alpha value is -1.95. The number of ether oxygens (including phenoxy) is 2. The van der Waals surface area contributed by atoms with Gasteiger partial charge in [-0.05, 0) is 69.6 Å². The van der Waals surface area contributed by atoms with E-state index in [4.69, 9.17) is 21.1 Å². The molecule has 1 amide bonds. The summed E-state index contributed by atoms with van der Waals surface area (Å²) < 4.78 is 10.9. The lowest BCUT2D eigenvalue weighted by Crippen LogP contribution is -2.43. The van der Waals surface area contributed by atoms with E-state index in [1.165, 1.54) is 5.56 Å². The zero-order chi connectivity index (χ0) is 20.6. The highest BCUT2D eigenvalue weighted by Crippen LogP contribution is 2.23. The van der Waals surface area contributed by atoms with Crippen LogP contribution in [0.4, 0.5) is 0 Å². The second-order valence-corrected chi connectivity index (χ2v) is 8.05. The first-order valence-electron chi connectivity index (χ1n) is 9.33. The van der Waals surface area contributed by atoms with E-state index in [1.54, 1.807) is 19.2 Å². The van der Waals surface area contributed by atoms with Crippen molar-refractivity contribution < 1.29 is 14.3 Å². The Morgan fingerprint density at radius 2 is 1.79 bits per heavy atom. The fraction of sp³-hybridized carbons (Fsp3) is 0.409. The highest BCUT2D eigenvalue weighted by atomic mass is 35.5. The Morgan fingerprint density at radius 3 is 2.41 bits per heavy atom. The number of nitrogens with one attached hydrogen (secondary N) is 2. The Morgan fingerprint density at radius 1 is 1.10 bits per heavy atom. The molecule has 0 aliphatic rings. The lowest BCUT2D eigenvalue weighted by molar-refractivity contribution is -0.124.